The minimum Gasteiger partial charge on any atom is -0.465 e. The standard InChI is InChI=1S/C10H18O2/c1-2-3-4-5-6-9-7-8-12-10(9)11/h9H,2-8H2,1H3/t9-/m0/s1. The Balaban J connectivity index is 2.02. The van der Waals surface area contributed by atoms with Crippen molar-refractivity contribution in [3.05, 3.63) is 0 Å². The third kappa shape index (κ3) is 2.84. The fourth-order valence-corrected chi connectivity index (χ4v) is 1.62. The molecule has 1 heterocycles. The Morgan fingerprint density at radius 2 is 2.25 bits per heavy atom. The van der Waals surface area contributed by atoms with Crippen molar-refractivity contribution in [2.75, 3.05) is 6.61 Å². The quantitative estimate of drug-likeness (QED) is 0.468. The number of ether oxygens (including phenoxy) is 1. The van der Waals surface area contributed by atoms with E-state index < -0.39 is 0 Å². The fraction of sp³-hybridized carbons (Fsp3) is 0.900. The number of esters is 1. The first kappa shape index (κ1) is 9.56. The SMILES string of the molecule is CCCCCC[C@H]1CCOC1=O. The summed E-state index contributed by atoms with van der Waals surface area (Å²) in [5, 5.41) is 0. The maximum absolute atomic E-state index is 11.0. The van der Waals surface area contributed by atoms with Gasteiger partial charge in [0.25, 0.3) is 0 Å². The van der Waals surface area contributed by atoms with Crippen molar-refractivity contribution in [1.82, 2.24) is 0 Å². The third-order valence-corrected chi connectivity index (χ3v) is 2.45. The van der Waals surface area contributed by atoms with Crippen molar-refractivity contribution < 1.29 is 9.53 Å². The van der Waals surface area contributed by atoms with Crippen LogP contribution in [0.25, 0.3) is 0 Å². The molecule has 1 atom stereocenters. The van der Waals surface area contributed by atoms with Gasteiger partial charge in [-0.2, -0.15) is 0 Å². The second-order valence-corrected chi connectivity index (χ2v) is 3.50. The summed E-state index contributed by atoms with van der Waals surface area (Å²) in [6.45, 7) is 2.85. The Labute approximate surface area is 74.3 Å². The van der Waals surface area contributed by atoms with Crippen LogP contribution in [-0.2, 0) is 9.53 Å². The number of hydrogen-bond donors (Lipinski definition) is 0. The van der Waals surface area contributed by atoms with E-state index in [9.17, 15) is 4.79 Å². The molecular formula is C10H18O2. The molecule has 0 saturated carbocycles. The van der Waals surface area contributed by atoms with Crippen molar-refractivity contribution in [3.63, 3.8) is 0 Å². The van der Waals surface area contributed by atoms with Gasteiger partial charge in [0.2, 0.25) is 0 Å². The van der Waals surface area contributed by atoms with E-state index in [-0.39, 0.29) is 11.9 Å². The molecule has 0 aromatic heterocycles. The van der Waals surface area contributed by atoms with E-state index in [1.54, 1.807) is 0 Å². The van der Waals surface area contributed by atoms with E-state index in [4.69, 9.17) is 4.74 Å². The second-order valence-electron chi connectivity index (χ2n) is 3.50. The average Bonchev–Trinajstić information content (AvgIpc) is 2.46. The van der Waals surface area contributed by atoms with E-state index in [0.717, 1.165) is 12.8 Å². The molecule has 1 saturated heterocycles. The molecule has 0 aromatic rings. The van der Waals surface area contributed by atoms with E-state index >= 15 is 0 Å². The zero-order valence-electron chi connectivity index (χ0n) is 7.84. The Kier molecular flexibility index (Phi) is 4.12. The highest BCUT2D eigenvalue weighted by Gasteiger charge is 2.25. The lowest BCUT2D eigenvalue weighted by Gasteiger charge is -2.03. The van der Waals surface area contributed by atoms with Crippen molar-refractivity contribution in [3.8, 4) is 0 Å². The Hall–Kier alpha value is -0.530. The Morgan fingerprint density at radius 1 is 1.42 bits per heavy atom. The van der Waals surface area contributed by atoms with Crippen LogP contribution in [0, 0.1) is 5.92 Å². The van der Waals surface area contributed by atoms with Crippen molar-refractivity contribution in [1.29, 1.82) is 0 Å². The summed E-state index contributed by atoms with van der Waals surface area (Å²) in [6, 6.07) is 0. The lowest BCUT2D eigenvalue weighted by atomic mass is 10.00. The van der Waals surface area contributed by atoms with Gasteiger partial charge in [0.1, 0.15) is 0 Å². The van der Waals surface area contributed by atoms with E-state index in [1.807, 2.05) is 0 Å². The normalized spacial score (nSPS) is 22.8. The molecule has 2 heteroatoms. The highest BCUT2D eigenvalue weighted by Crippen LogP contribution is 2.20. The van der Waals surface area contributed by atoms with Gasteiger partial charge >= 0.3 is 5.97 Å². The molecule has 0 aromatic carbocycles. The number of carbonyl (C=O) groups excluding carboxylic acids is 1. The summed E-state index contributed by atoms with van der Waals surface area (Å²) >= 11 is 0. The first-order valence-electron chi connectivity index (χ1n) is 5.01. The summed E-state index contributed by atoms with van der Waals surface area (Å²) in [5.74, 6) is 0.258. The van der Waals surface area contributed by atoms with Crippen LogP contribution in [0.2, 0.25) is 0 Å². The molecule has 0 amide bonds. The Bertz CT molecular complexity index is 143. The van der Waals surface area contributed by atoms with Gasteiger partial charge in [0.05, 0.1) is 12.5 Å². The maximum Gasteiger partial charge on any atom is 0.309 e. The van der Waals surface area contributed by atoms with Crippen LogP contribution in [0.3, 0.4) is 0 Å². The lowest BCUT2D eigenvalue weighted by Crippen LogP contribution is -2.06. The molecule has 1 rings (SSSR count). The summed E-state index contributed by atoms with van der Waals surface area (Å²) in [6.07, 6.45) is 6.99. The van der Waals surface area contributed by atoms with Crippen molar-refractivity contribution in [2.45, 2.75) is 45.4 Å². The molecular weight excluding hydrogens is 152 g/mol. The second kappa shape index (κ2) is 5.18. The van der Waals surface area contributed by atoms with E-state index in [0.29, 0.717) is 6.61 Å². The minimum absolute atomic E-state index is 0.0338. The molecule has 12 heavy (non-hydrogen) atoms. The zero-order valence-corrected chi connectivity index (χ0v) is 7.84. The Morgan fingerprint density at radius 3 is 2.83 bits per heavy atom. The van der Waals surface area contributed by atoms with Crippen LogP contribution < -0.4 is 0 Å². The molecule has 70 valence electrons. The van der Waals surface area contributed by atoms with Gasteiger partial charge in [-0.05, 0) is 12.8 Å². The average molecular weight is 170 g/mol. The summed E-state index contributed by atoms with van der Waals surface area (Å²) in [7, 11) is 0. The first-order valence-corrected chi connectivity index (χ1v) is 5.01. The smallest absolute Gasteiger partial charge is 0.309 e. The number of unbranched alkanes of at least 4 members (excludes halogenated alkanes) is 3. The van der Waals surface area contributed by atoms with Gasteiger partial charge in [-0.25, -0.2) is 0 Å². The number of carbonyl (C=O) groups is 1. The molecule has 0 bridgehead atoms. The highest BCUT2D eigenvalue weighted by atomic mass is 16.5. The minimum atomic E-state index is 0.0338. The highest BCUT2D eigenvalue weighted by molar-refractivity contribution is 5.73. The van der Waals surface area contributed by atoms with Gasteiger partial charge in [0.15, 0.2) is 0 Å². The molecule has 2 nitrogen and oxygen atoms in total. The number of cyclic esters (lactones) is 1. The van der Waals surface area contributed by atoms with Gasteiger partial charge in [-0.3, -0.25) is 4.79 Å². The number of hydrogen-bond acceptors (Lipinski definition) is 2. The number of rotatable bonds is 5. The van der Waals surface area contributed by atoms with Gasteiger partial charge < -0.3 is 4.74 Å². The van der Waals surface area contributed by atoms with Crippen LogP contribution in [0.4, 0.5) is 0 Å². The predicted octanol–water partition coefficient (Wildman–Crippen LogP) is 2.52. The molecule has 1 aliphatic heterocycles. The van der Waals surface area contributed by atoms with Crippen LogP contribution in [0.15, 0.2) is 0 Å². The molecule has 0 radical (unpaired) electrons. The zero-order chi connectivity index (χ0) is 8.81. The summed E-state index contributed by atoms with van der Waals surface area (Å²) in [4.78, 5) is 11.0. The van der Waals surface area contributed by atoms with E-state index in [1.165, 1.54) is 25.7 Å². The van der Waals surface area contributed by atoms with Crippen LogP contribution in [0.1, 0.15) is 45.4 Å². The van der Waals surface area contributed by atoms with Gasteiger partial charge in [-0.1, -0.05) is 32.6 Å². The van der Waals surface area contributed by atoms with Crippen molar-refractivity contribution >= 4 is 5.97 Å². The molecule has 1 fully saturated rings. The monoisotopic (exact) mass is 170 g/mol. The topological polar surface area (TPSA) is 26.3 Å². The first-order chi connectivity index (χ1) is 5.84. The van der Waals surface area contributed by atoms with Crippen LogP contribution in [-0.4, -0.2) is 12.6 Å². The molecule has 0 unspecified atom stereocenters. The van der Waals surface area contributed by atoms with Crippen molar-refractivity contribution in [2.24, 2.45) is 5.92 Å². The largest absolute Gasteiger partial charge is 0.465 e. The molecule has 1 aliphatic rings. The lowest BCUT2D eigenvalue weighted by molar-refractivity contribution is -0.141. The molecule has 0 aliphatic carbocycles. The third-order valence-electron chi connectivity index (χ3n) is 2.45. The molecule has 0 N–H and O–H groups in total. The molecule has 0 spiro atoms. The van der Waals surface area contributed by atoms with Crippen LogP contribution in [0.5, 0.6) is 0 Å². The van der Waals surface area contributed by atoms with Crippen LogP contribution >= 0.6 is 0 Å². The fourth-order valence-electron chi connectivity index (χ4n) is 1.62. The van der Waals surface area contributed by atoms with E-state index in [2.05, 4.69) is 6.92 Å². The predicted molar refractivity (Wildman–Crippen MR) is 47.8 cm³/mol. The maximum atomic E-state index is 11.0. The summed E-state index contributed by atoms with van der Waals surface area (Å²) < 4.78 is 4.88. The summed E-state index contributed by atoms with van der Waals surface area (Å²) in [5.41, 5.74) is 0. The van der Waals surface area contributed by atoms with Gasteiger partial charge in [0, 0.05) is 0 Å². The van der Waals surface area contributed by atoms with Gasteiger partial charge in [-0.15, -0.1) is 0 Å².